The Morgan fingerprint density at radius 1 is 0.842 bits per heavy atom. The van der Waals surface area contributed by atoms with Gasteiger partial charge in [-0.05, 0) is 17.9 Å². The molecule has 4 unspecified atom stereocenters. The molecule has 2 aliphatic carbocycles. The van der Waals surface area contributed by atoms with Crippen LogP contribution in [0.25, 0.3) is 0 Å². The highest BCUT2D eigenvalue weighted by atomic mass is 16.4. The van der Waals surface area contributed by atoms with Crippen molar-refractivity contribution in [2.45, 2.75) is 6.42 Å². The van der Waals surface area contributed by atoms with Crippen LogP contribution in [0.2, 0.25) is 0 Å². The molecule has 0 amide bonds. The van der Waals surface area contributed by atoms with Gasteiger partial charge in [-0.15, -0.1) is 0 Å². The molecule has 4 N–H and O–H groups in total. The molecule has 2 aliphatic rings. The fourth-order valence-corrected chi connectivity index (χ4v) is 3.19. The Labute approximate surface area is 106 Å². The van der Waals surface area contributed by atoms with Crippen LogP contribution in [0, 0.1) is 23.7 Å². The summed E-state index contributed by atoms with van der Waals surface area (Å²) in [7, 11) is 0. The molecule has 8 nitrogen and oxygen atoms in total. The summed E-state index contributed by atoms with van der Waals surface area (Å²) in [6.45, 7) is 0. The molecule has 102 valence electrons. The normalized spacial score (nSPS) is 32.4. The average Bonchev–Trinajstić information content (AvgIpc) is 2.81. The summed E-state index contributed by atoms with van der Waals surface area (Å²) in [5.74, 6) is -11.1. The summed E-state index contributed by atoms with van der Waals surface area (Å²) in [5.41, 5.74) is -0.549. The van der Waals surface area contributed by atoms with E-state index in [1.165, 1.54) is 0 Å². The van der Waals surface area contributed by atoms with Crippen LogP contribution in [0.15, 0.2) is 11.1 Å². The molecule has 0 spiro atoms. The average molecular weight is 270 g/mol. The molecule has 0 aromatic rings. The second kappa shape index (κ2) is 4.08. The van der Waals surface area contributed by atoms with Gasteiger partial charge < -0.3 is 20.4 Å². The van der Waals surface area contributed by atoms with Crippen LogP contribution in [0.3, 0.4) is 0 Å². The maximum absolute atomic E-state index is 11.1. The highest BCUT2D eigenvalue weighted by Crippen LogP contribution is 2.55. The van der Waals surface area contributed by atoms with E-state index in [0.717, 1.165) is 0 Å². The molecule has 0 heterocycles. The number of carboxylic acid groups (broad SMARTS) is 4. The minimum absolute atomic E-state index is 0.0789. The van der Waals surface area contributed by atoms with Crippen LogP contribution in [-0.2, 0) is 19.2 Å². The molecule has 1 fully saturated rings. The first-order valence-electron chi connectivity index (χ1n) is 5.42. The van der Waals surface area contributed by atoms with Crippen LogP contribution in [-0.4, -0.2) is 44.3 Å². The molecule has 2 rings (SSSR count). The Morgan fingerprint density at radius 2 is 1.37 bits per heavy atom. The van der Waals surface area contributed by atoms with Crippen molar-refractivity contribution in [2.75, 3.05) is 0 Å². The van der Waals surface area contributed by atoms with Gasteiger partial charge in [-0.2, -0.15) is 0 Å². The molecule has 0 aromatic heterocycles. The first kappa shape index (κ1) is 13.1. The molecule has 1 saturated carbocycles. The Balaban J connectivity index is 2.60. The van der Waals surface area contributed by atoms with E-state index in [9.17, 15) is 19.2 Å². The van der Waals surface area contributed by atoms with Gasteiger partial charge in [0.2, 0.25) is 0 Å². The maximum atomic E-state index is 11.1. The lowest BCUT2D eigenvalue weighted by atomic mass is 9.74. The van der Waals surface area contributed by atoms with Crippen molar-refractivity contribution in [3.8, 4) is 0 Å². The van der Waals surface area contributed by atoms with Crippen LogP contribution in [0.4, 0.5) is 0 Å². The standard InChI is InChI=1S/C11H10O8/c12-8(13)4-2-1-3(6(4)10(16)17)7(11(18)19)5(2)9(14)15/h2,4-6H,1H2,(H,12,13)(H,14,15)(H,16,17)(H,18,19). The molecule has 0 saturated heterocycles. The van der Waals surface area contributed by atoms with Gasteiger partial charge in [-0.1, -0.05) is 0 Å². The number of carbonyl (C=O) groups is 4. The first-order chi connectivity index (χ1) is 8.77. The molecule has 19 heavy (non-hydrogen) atoms. The van der Waals surface area contributed by atoms with Crippen molar-refractivity contribution >= 4 is 23.9 Å². The Hall–Kier alpha value is -2.38. The van der Waals surface area contributed by atoms with Crippen molar-refractivity contribution in [1.29, 1.82) is 0 Å². The summed E-state index contributed by atoms with van der Waals surface area (Å²) in [4.78, 5) is 44.4. The molecular weight excluding hydrogens is 260 g/mol. The zero-order valence-corrected chi connectivity index (χ0v) is 9.44. The van der Waals surface area contributed by atoms with Crippen molar-refractivity contribution in [3.63, 3.8) is 0 Å². The van der Waals surface area contributed by atoms with Gasteiger partial charge in [0, 0.05) is 0 Å². The second-order valence-electron chi connectivity index (χ2n) is 4.61. The van der Waals surface area contributed by atoms with E-state index in [2.05, 4.69) is 0 Å². The van der Waals surface area contributed by atoms with Crippen LogP contribution in [0.5, 0.6) is 0 Å². The van der Waals surface area contributed by atoms with Gasteiger partial charge in [0.25, 0.3) is 0 Å². The Morgan fingerprint density at radius 3 is 1.74 bits per heavy atom. The van der Waals surface area contributed by atoms with E-state index >= 15 is 0 Å². The highest BCUT2D eigenvalue weighted by molar-refractivity contribution is 5.99. The number of rotatable bonds is 4. The summed E-state index contributed by atoms with van der Waals surface area (Å²) >= 11 is 0. The first-order valence-corrected chi connectivity index (χ1v) is 5.42. The number of fused-ring (bicyclic) bond motifs is 2. The summed E-state index contributed by atoms with van der Waals surface area (Å²) in [6, 6.07) is 0. The third-order valence-corrected chi connectivity index (χ3v) is 3.78. The molecule has 8 heteroatoms. The monoisotopic (exact) mass is 270 g/mol. The predicted molar refractivity (Wildman–Crippen MR) is 56.1 cm³/mol. The number of hydrogen-bond donors (Lipinski definition) is 4. The van der Waals surface area contributed by atoms with Gasteiger partial charge in [0.15, 0.2) is 0 Å². The fraction of sp³-hybridized carbons (Fsp3) is 0.455. The molecule has 0 aromatic carbocycles. The zero-order chi connectivity index (χ0) is 14.5. The smallest absolute Gasteiger partial charge is 0.332 e. The Kier molecular flexibility index (Phi) is 2.80. The zero-order valence-electron chi connectivity index (χ0n) is 9.44. The SMILES string of the molecule is O=C(O)C1=C2CC(C1C(=O)O)C(C(=O)O)C2C(=O)O. The molecule has 2 bridgehead atoms. The predicted octanol–water partition coefficient (Wildman–Crippen LogP) is -0.496. The fourth-order valence-electron chi connectivity index (χ4n) is 3.19. The lowest BCUT2D eigenvalue weighted by Gasteiger charge is -2.27. The van der Waals surface area contributed by atoms with Crippen molar-refractivity contribution in [2.24, 2.45) is 23.7 Å². The highest BCUT2D eigenvalue weighted by Gasteiger charge is 2.60. The van der Waals surface area contributed by atoms with Crippen LogP contribution in [0.1, 0.15) is 6.42 Å². The van der Waals surface area contributed by atoms with Crippen LogP contribution >= 0.6 is 0 Å². The van der Waals surface area contributed by atoms with Gasteiger partial charge in [-0.25, -0.2) is 4.79 Å². The van der Waals surface area contributed by atoms with Gasteiger partial charge in [0.05, 0.1) is 23.3 Å². The van der Waals surface area contributed by atoms with E-state index in [4.69, 9.17) is 20.4 Å². The number of carboxylic acids is 4. The van der Waals surface area contributed by atoms with E-state index < -0.39 is 53.1 Å². The van der Waals surface area contributed by atoms with Gasteiger partial charge >= 0.3 is 23.9 Å². The van der Waals surface area contributed by atoms with Crippen molar-refractivity contribution < 1.29 is 39.6 Å². The number of aliphatic carboxylic acids is 4. The summed E-state index contributed by atoms with van der Waals surface area (Å²) in [6.07, 6.45) is -0.105. The van der Waals surface area contributed by atoms with Crippen molar-refractivity contribution in [1.82, 2.24) is 0 Å². The molecule has 0 radical (unpaired) electrons. The van der Waals surface area contributed by atoms with E-state index in [1.54, 1.807) is 0 Å². The molecular formula is C11H10O8. The van der Waals surface area contributed by atoms with Gasteiger partial charge in [-0.3, -0.25) is 14.4 Å². The lowest BCUT2D eigenvalue weighted by Crippen LogP contribution is -2.40. The quantitative estimate of drug-likeness (QED) is 0.534. The third-order valence-electron chi connectivity index (χ3n) is 3.78. The minimum Gasteiger partial charge on any atom is -0.481 e. The topological polar surface area (TPSA) is 149 Å². The molecule has 4 atom stereocenters. The number of hydrogen-bond acceptors (Lipinski definition) is 4. The van der Waals surface area contributed by atoms with E-state index in [1.807, 2.05) is 0 Å². The summed E-state index contributed by atoms with van der Waals surface area (Å²) in [5, 5.41) is 36.2. The lowest BCUT2D eigenvalue weighted by molar-refractivity contribution is -0.156. The van der Waals surface area contributed by atoms with E-state index in [0.29, 0.717) is 0 Å². The van der Waals surface area contributed by atoms with E-state index in [-0.39, 0.29) is 12.0 Å². The van der Waals surface area contributed by atoms with Gasteiger partial charge in [0.1, 0.15) is 0 Å². The maximum Gasteiger partial charge on any atom is 0.332 e. The minimum atomic E-state index is -1.50. The largest absolute Gasteiger partial charge is 0.481 e. The summed E-state index contributed by atoms with van der Waals surface area (Å²) < 4.78 is 0. The van der Waals surface area contributed by atoms with Crippen LogP contribution < -0.4 is 0 Å². The van der Waals surface area contributed by atoms with Crippen molar-refractivity contribution in [3.05, 3.63) is 11.1 Å². The third kappa shape index (κ3) is 1.67. The Bertz CT molecular complexity index is 531. The molecule has 0 aliphatic heterocycles. The second-order valence-corrected chi connectivity index (χ2v) is 4.61.